The number of rotatable bonds is 2. The Morgan fingerprint density at radius 3 is 3.00 bits per heavy atom. The summed E-state index contributed by atoms with van der Waals surface area (Å²) in [6.07, 6.45) is 0.935. The van der Waals surface area contributed by atoms with Crippen LogP contribution < -0.4 is 5.32 Å². The minimum Gasteiger partial charge on any atom is -0.353 e. The van der Waals surface area contributed by atoms with Crippen LogP contribution in [0, 0.1) is 10.1 Å². The molecule has 0 spiro atoms. The van der Waals surface area contributed by atoms with Gasteiger partial charge >= 0.3 is 0 Å². The molecule has 1 fully saturated rings. The van der Waals surface area contributed by atoms with Gasteiger partial charge < -0.3 is 10.2 Å². The molecule has 1 unspecified atom stereocenters. The first-order valence-electron chi connectivity index (χ1n) is 5.80. The Morgan fingerprint density at radius 2 is 2.35 bits per heavy atom. The van der Waals surface area contributed by atoms with Crippen LogP contribution in [-0.4, -0.2) is 45.8 Å². The number of halogens is 1. The molecule has 2 amide bonds. The second-order valence-electron chi connectivity index (χ2n) is 4.25. The lowest BCUT2D eigenvalue weighted by molar-refractivity contribution is -0.385. The molecular formula is C11H11ClN4O4. The van der Waals surface area contributed by atoms with E-state index in [2.05, 4.69) is 10.3 Å². The lowest BCUT2D eigenvalue weighted by atomic mass is 10.1. The summed E-state index contributed by atoms with van der Waals surface area (Å²) in [6.45, 7) is 2.14. The number of aromatic nitrogens is 1. The highest BCUT2D eigenvalue weighted by Gasteiger charge is 2.33. The molecule has 1 aromatic rings. The van der Waals surface area contributed by atoms with Gasteiger partial charge in [-0.2, -0.15) is 0 Å². The SMILES string of the molecule is CC1C(=O)NCCN1C(=O)c1cc(Cl)ncc1[N+](=O)[O-]. The number of nitrogens with one attached hydrogen (secondary N) is 1. The van der Waals surface area contributed by atoms with Crippen LogP contribution in [0.3, 0.4) is 0 Å². The van der Waals surface area contributed by atoms with Gasteiger partial charge in [0.2, 0.25) is 5.91 Å². The highest BCUT2D eigenvalue weighted by molar-refractivity contribution is 6.29. The summed E-state index contributed by atoms with van der Waals surface area (Å²) in [4.78, 5) is 39.0. The van der Waals surface area contributed by atoms with E-state index in [1.165, 1.54) is 4.90 Å². The van der Waals surface area contributed by atoms with Crippen molar-refractivity contribution in [3.8, 4) is 0 Å². The smallest absolute Gasteiger partial charge is 0.300 e. The monoisotopic (exact) mass is 298 g/mol. The van der Waals surface area contributed by atoms with Gasteiger partial charge in [0.05, 0.1) is 4.92 Å². The molecule has 106 valence electrons. The summed E-state index contributed by atoms with van der Waals surface area (Å²) in [5, 5.41) is 13.5. The quantitative estimate of drug-likeness (QED) is 0.489. The average Bonchev–Trinajstić information content (AvgIpc) is 2.40. The normalized spacial score (nSPS) is 18.6. The van der Waals surface area contributed by atoms with Gasteiger partial charge in [-0.05, 0) is 13.0 Å². The highest BCUT2D eigenvalue weighted by Crippen LogP contribution is 2.23. The van der Waals surface area contributed by atoms with Crippen molar-refractivity contribution in [1.82, 2.24) is 15.2 Å². The molecular weight excluding hydrogens is 288 g/mol. The van der Waals surface area contributed by atoms with E-state index in [0.717, 1.165) is 12.3 Å². The van der Waals surface area contributed by atoms with Crippen molar-refractivity contribution in [3.63, 3.8) is 0 Å². The predicted molar refractivity (Wildman–Crippen MR) is 69.4 cm³/mol. The lowest BCUT2D eigenvalue weighted by Gasteiger charge is -2.32. The standard InChI is InChI=1S/C11H11ClN4O4/c1-6-10(17)13-2-3-15(6)11(18)7-4-9(12)14-5-8(7)16(19)20/h4-6H,2-3H2,1H3,(H,13,17). The van der Waals surface area contributed by atoms with Gasteiger partial charge in [-0.15, -0.1) is 0 Å². The van der Waals surface area contributed by atoms with Crippen molar-refractivity contribution >= 4 is 29.1 Å². The van der Waals surface area contributed by atoms with Crippen molar-refractivity contribution in [1.29, 1.82) is 0 Å². The van der Waals surface area contributed by atoms with Gasteiger partial charge in [0.1, 0.15) is 23.0 Å². The minimum atomic E-state index is -0.703. The van der Waals surface area contributed by atoms with Gasteiger partial charge in [-0.25, -0.2) is 4.98 Å². The predicted octanol–water partition coefficient (Wildman–Crippen LogP) is 0.604. The maximum Gasteiger partial charge on any atom is 0.300 e. The molecule has 2 heterocycles. The molecule has 1 aromatic heterocycles. The van der Waals surface area contributed by atoms with Crippen molar-refractivity contribution < 1.29 is 14.5 Å². The fourth-order valence-corrected chi connectivity index (χ4v) is 2.11. The Balaban J connectivity index is 2.40. The first-order valence-corrected chi connectivity index (χ1v) is 6.18. The Labute approximate surface area is 118 Å². The first-order chi connectivity index (χ1) is 9.41. The zero-order chi connectivity index (χ0) is 14.9. The van der Waals surface area contributed by atoms with Crippen molar-refractivity contribution in [2.75, 3.05) is 13.1 Å². The number of piperazine rings is 1. The largest absolute Gasteiger partial charge is 0.353 e. The molecule has 0 bridgehead atoms. The third-order valence-electron chi connectivity index (χ3n) is 3.04. The second kappa shape index (κ2) is 5.41. The third-order valence-corrected chi connectivity index (χ3v) is 3.24. The fraction of sp³-hybridized carbons (Fsp3) is 0.364. The number of nitro groups is 1. The van der Waals surface area contributed by atoms with E-state index in [4.69, 9.17) is 11.6 Å². The van der Waals surface area contributed by atoms with Crippen LogP contribution in [0.4, 0.5) is 5.69 Å². The average molecular weight is 299 g/mol. The van der Waals surface area contributed by atoms with Crippen LogP contribution in [0.25, 0.3) is 0 Å². The summed E-state index contributed by atoms with van der Waals surface area (Å²) < 4.78 is 0. The summed E-state index contributed by atoms with van der Waals surface area (Å²) >= 11 is 5.69. The molecule has 1 N–H and O–H groups in total. The zero-order valence-electron chi connectivity index (χ0n) is 10.5. The summed E-state index contributed by atoms with van der Waals surface area (Å²) in [7, 11) is 0. The molecule has 2 rings (SSSR count). The summed E-state index contributed by atoms with van der Waals surface area (Å²) in [6, 6.07) is 0.448. The molecule has 0 radical (unpaired) electrons. The summed E-state index contributed by atoms with van der Waals surface area (Å²) in [5.74, 6) is -0.907. The van der Waals surface area contributed by atoms with E-state index in [0.29, 0.717) is 6.54 Å². The molecule has 1 atom stereocenters. The Bertz CT molecular complexity index is 592. The number of hydrogen-bond donors (Lipinski definition) is 1. The summed E-state index contributed by atoms with van der Waals surface area (Å²) in [5.41, 5.74) is -0.603. The van der Waals surface area contributed by atoms with Crippen LogP contribution in [-0.2, 0) is 4.79 Å². The molecule has 9 heteroatoms. The van der Waals surface area contributed by atoms with E-state index in [1.807, 2.05) is 0 Å². The van der Waals surface area contributed by atoms with Crippen molar-refractivity contribution in [2.45, 2.75) is 13.0 Å². The molecule has 0 saturated carbocycles. The molecule has 1 aliphatic heterocycles. The van der Waals surface area contributed by atoms with Gasteiger partial charge in [0, 0.05) is 13.1 Å². The molecule has 0 aromatic carbocycles. The molecule has 1 aliphatic rings. The molecule has 0 aliphatic carbocycles. The van der Waals surface area contributed by atoms with Crippen LogP contribution in [0.1, 0.15) is 17.3 Å². The van der Waals surface area contributed by atoms with Crippen LogP contribution in [0.15, 0.2) is 12.3 Å². The maximum atomic E-state index is 12.4. The number of carbonyl (C=O) groups excluding carboxylic acids is 2. The third kappa shape index (κ3) is 2.55. The highest BCUT2D eigenvalue weighted by atomic mass is 35.5. The Morgan fingerprint density at radius 1 is 1.65 bits per heavy atom. The number of carbonyl (C=O) groups is 2. The van der Waals surface area contributed by atoms with E-state index >= 15 is 0 Å². The lowest BCUT2D eigenvalue weighted by Crippen LogP contribution is -2.55. The fourth-order valence-electron chi connectivity index (χ4n) is 1.95. The Kier molecular flexibility index (Phi) is 3.84. The van der Waals surface area contributed by atoms with Gasteiger partial charge in [-0.3, -0.25) is 19.7 Å². The number of pyridine rings is 1. The second-order valence-corrected chi connectivity index (χ2v) is 4.63. The van der Waals surface area contributed by atoms with Crippen LogP contribution >= 0.6 is 11.6 Å². The van der Waals surface area contributed by atoms with Crippen molar-refractivity contribution in [3.05, 3.63) is 33.1 Å². The van der Waals surface area contributed by atoms with Crippen molar-refractivity contribution in [2.24, 2.45) is 0 Å². The molecule has 1 saturated heterocycles. The van der Waals surface area contributed by atoms with Crippen LogP contribution in [0.2, 0.25) is 5.15 Å². The van der Waals surface area contributed by atoms with E-state index in [9.17, 15) is 19.7 Å². The zero-order valence-corrected chi connectivity index (χ0v) is 11.3. The molecule has 8 nitrogen and oxygen atoms in total. The molecule has 20 heavy (non-hydrogen) atoms. The van der Waals surface area contributed by atoms with Gasteiger partial charge in [0.25, 0.3) is 11.6 Å². The minimum absolute atomic E-state index is 0.0203. The van der Waals surface area contributed by atoms with E-state index < -0.39 is 22.6 Å². The number of hydrogen-bond acceptors (Lipinski definition) is 5. The van der Waals surface area contributed by atoms with E-state index in [-0.39, 0.29) is 23.2 Å². The maximum absolute atomic E-state index is 12.4. The number of nitrogens with zero attached hydrogens (tertiary/aromatic N) is 3. The Hall–Kier alpha value is -2.22. The van der Waals surface area contributed by atoms with Crippen LogP contribution in [0.5, 0.6) is 0 Å². The topological polar surface area (TPSA) is 105 Å². The van der Waals surface area contributed by atoms with Gasteiger partial charge in [0.15, 0.2) is 0 Å². The van der Waals surface area contributed by atoms with E-state index in [1.54, 1.807) is 6.92 Å². The first kappa shape index (κ1) is 14.2. The van der Waals surface area contributed by atoms with Gasteiger partial charge in [-0.1, -0.05) is 11.6 Å². The number of amides is 2.